The predicted molar refractivity (Wildman–Crippen MR) is 110 cm³/mol. The van der Waals surface area contributed by atoms with Gasteiger partial charge < -0.3 is 20.1 Å². The van der Waals surface area contributed by atoms with Crippen molar-refractivity contribution in [3.8, 4) is 0 Å². The van der Waals surface area contributed by atoms with Crippen LogP contribution in [-0.2, 0) is 25.5 Å². The number of rotatable bonds is 11. The molecule has 7 nitrogen and oxygen atoms in total. The highest BCUT2D eigenvalue weighted by Gasteiger charge is 2.10. The molecule has 0 aliphatic carbocycles. The molecule has 0 aromatic heterocycles. The first-order valence-corrected chi connectivity index (χ1v) is 9.45. The number of carbonyl (C=O) groups excluding carboxylic acids is 3. The molecule has 0 aliphatic rings. The Kier molecular flexibility index (Phi) is 9.38. The molecule has 0 saturated carbocycles. The fourth-order valence-electron chi connectivity index (χ4n) is 2.51. The molecular formula is C22H26N2O5. The van der Waals surface area contributed by atoms with Gasteiger partial charge in [0.15, 0.2) is 0 Å². The molecule has 0 heterocycles. The lowest BCUT2D eigenvalue weighted by Gasteiger charge is -2.08. The summed E-state index contributed by atoms with van der Waals surface area (Å²) < 4.78 is 10.0. The van der Waals surface area contributed by atoms with Gasteiger partial charge in [-0.25, -0.2) is 0 Å². The standard InChI is InChI=1S/C22H26N2O5/c1-28-16-14-23-22(27)18-7-9-19(10-8-18)24-20(25)11-12-21(26)29-15-13-17-5-3-2-4-6-17/h2-10H,11-16H2,1H3,(H,23,27)(H,24,25). The molecule has 0 fully saturated rings. The number of carbonyl (C=O) groups is 3. The molecule has 0 radical (unpaired) electrons. The number of esters is 1. The first-order chi connectivity index (χ1) is 14.1. The number of ether oxygens (including phenoxy) is 2. The molecule has 2 aromatic rings. The van der Waals surface area contributed by atoms with Gasteiger partial charge in [0.2, 0.25) is 5.91 Å². The summed E-state index contributed by atoms with van der Waals surface area (Å²) >= 11 is 0. The van der Waals surface area contributed by atoms with Gasteiger partial charge in [0.1, 0.15) is 0 Å². The summed E-state index contributed by atoms with van der Waals surface area (Å²) in [6.45, 7) is 1.15. The van der Waals surface area contributed by atoms with E-state index in [9.17, 15) is 14.4 Å². The summed E-state index contributed by atoms with van der Waals surface area (Å²) in [5.74, 6) is -0.903. The Bertz CT molecular complexity index is 791. The van der Waals surface area contributed by atoms with Crippen LogP contribution in [0.3, 0.4) is 0 Å². The van der Waals surface area contributed by atoms with Crippen LogP contribution in [0.4, 0.5) is 5.69 Å². The van der Waals surface area contributed by atoms with Crippen molar-refractivity contribution in [2.75, 3.05) is 32.2 Å². The number of nitrogens with one attached hydrogen (secondary N) is 2. The molecule has 0 aliphatic heterocycles. The molecule has 0 saturated heterocycles. The van der Waals surface area contributed by atoms with E-state index in [4.69, 9.17) is 9.47 Å². The third-order valence-electron chi connectivity index (χ3n) is 4.08. The normalized spacial score (nSPS) is 10.2. The second kappa shape index (κ2) is 12.3. The van der Waals surface area contributed by atoms with Crippen molar-refractivity contribution in [1.29, 1.82) is 0 Å². The quantitative estimate of drug-likeness (QED) is 0.448. The molecule has 0 spiro atoms. The van der Waals surface area contributed by atoms with Gasteiger partial charge in [-0.1, -0.05) is 30.3 Å². The SMILES string of the molecule is COCCNC(=O)c1ccc(NC(=O)CCC(=O)OCCc2ccccc2)cc1. The van der Waals surface area contributed by atoms with Crippen molar-refractivity contribution in [2.45, 2.75) is 19.3 Å². The van der Waals surface area contributed by atoms with Gasteiger partial charge in [0.05, 0.1) is 19.6 Å². The lowest BCUT2D eigenvalue weighted by atomic mass is 10.2. The number of anilines is 1. The zero-order valence-electron chi connectivity index (χ0n) is 16.5. The van der Waals surface area contributed by atoms with Crippen LogP contribution in [0.1, 0.15) is 28.8 Å². The van der Waals surface area contributed by atoms with Crippen LogP contribution in [0.5, 0.6) is 0 Å². The van der Waals surface area contributed by atoms with Gasteiger partial charge in [-0.15, -0.1) is 0 Å². The number of benzene rings is 2. The highest BCUT2D eigenvalue weighted by atomic mass is 16.5. The Labute approximate surface area is 170 Å². The third kappa shape index (κ3) is 8.57. The zero-order valence-corrected chi connectivity index (χ0v) is 16.5. The Hall–Kier alpha value is -3.19. The molecule has 2 aromatic carbocycles. The smallest absolute Gasteiger partial charge is 0.306 e. The Morgan fingerprint density at radius 2 is 1.62 bits per heavy atom. The topological polar surface area (TPSA) is 93.7 Å². The van der Waals surface area contributed by atoms with Crippen LogP contribution in [0.2, 0.25) is 0 Å². The van der Waals surface area contributed by atoms with Crippen LogP contribution in [0.15, 0.2) is 54.6 Å². The first kappa shape index (κ1) is 22.1. The molecule has 2 N–H and O–H groups in total. The first-order valence-electron chi connectivity index (χ1n) is 9.45. The van der Waals surface area contributed by atoms with E-state index in [0.717, 1.165) is 5.56 Å². The molecule has 2 amide bonds. The fourth-order valence-corrected chi connectivity index (χ4v) is 2.51. The van der Waals surface area contributed by atoms with Gasteiger partial charge in [0, 0.05) is 37.7 Å². The average molecular weight is 398 g/mol. The third-order valence-corrected chi connectivity index (χ3v) is 4.08. The Morgan fingerprint density at radius 1 is 0.897 bits per heavy atom. The summed E-state index contributed by atoms with van der Waals surface area (Å²) in [6, 6.07) is 16.3. The minimum Gasteiger partial charge on any atom is -0.465 e. The fraction of sp³-hybridized carbons (Fsp3) is 0.318. The maximum Gasteiger partial charge on any atom is 0.306 e. The van der Waals surface area contributed by atoms with Crippen LogP contribution < -0.4 is 10.6 Å². The van der Waals surface area contributed by atoms with Crippen molar-refractivity contribution in [3.05, 3.63) is 65.7 Å². The monoisotopic (exact) mass is 398 g/mol. The van der Waals surface area contributed by atoms with Gasteiger partial charge in [0.25, 0.3) is 5.91 Å². The number of hydrogen-bond acceptors (Lipinski definition) is 5. The second-order valence-electron chi connectivity index (χ2n) is 6.33. The Morgan fingerprint density at radius 3 is 2.31 bits per heavy atom. The lowest BCUT2D eigenvalue weighted by Crippen LogP contribution is -2.26. The lowest BCUT2D eigenvalue weighted by molar-refractivity contribution is -0.144. The molecule has 0 atom stereocenters. The van der Waals surface area contributed by atoms with Gasteiger partial charge >= 0.3 is 5.97 Å². The van der Waals surface area contributed by atoms with Crippen LogP contribution in [0.25, 0.3) is 0 Å². The van der Waals surface area contributed by atoms with E-state index >= 15 is 0 Å². The van der Waals surface area contributed by atoms with E-state index in [-0.39, 0.29) is 24.7 Å². The molecule has 154 valence electrons. The van der Waals surface area contributed by atoms with Crippen LogP contribution in [0, 0.1) is 0 Å². The van der Waals surface area contributed by atoms with Crippen LogP contribution in [-0.4, -0.2) is 44.7 Å². The van der Waals surface area contributed by atoms with E-state index in [1.54, 1.807) is 31.4 Å². The van der Waals surface area contributed by atoms with Gasteiger partial charge in [-0.3, -0.25) is 14.4 Å². The zero-order chi connectivity index (χ0) is 20.9. The Balaban J connectivity index is 1.66. The predicted octanol–water partition coefficient (Wildman–Crippen LogP) is 2.57. The van der Waals surface area contributed by atoms with E-state index in [1.807, 2.05) is 30.3 Å². The maximum atomic E-state index is 12.0. The molecule has 29 heavy (non-hydrogen) atoms. The molecule has 7 heteroatoms. The highest BCUT2D eigenvalue weighted by Crippen LogP contribution is 2.10. The second-order valence-corrected chi connectivity index (χ2v) is 6.33. The van der Waals surface area contributed by atoms with E-state index in [1.165, 1.54) is 0 Å². The largest absolute Gasteiger partial charge is 0.465 e. The molecule has 2 rings (SSSR count). The van der Waals surface area contributed by atoms with E-state index in [2.05, 4.69) is 10.6 Å². The molecule has 0 bridgehead atoms. The number of amides is 2. The molecule has 0 unspecified atom stereocenters. The highest BCUT2D eigenvalue weighted by molar-refractivity contribution is 5.96. The van der Waals surface area contributed by atoms with Crippen molar-refractivity contribution in [1.82, 2.24) is 5.32 Å². The number of hydrogen-bond donors (Lipinski definition) is 2. The summed E-state index contributed by atoms with van der Waals surface area (Å²) in [5, 5.41) is 5.42. The van der Waals surface area contributed by atoms with Crippen molar-refractivity contribution < 1.29 is 23.9 Å². The van der Waals surface area contributed by atoms with Crippen molar-refractivity contribution >= 4 is 23.5 Å². The van der Waals surface area contributed by atoms with Crippen LogP contribution >= 0.6 is 0 Å². The summed E-state index contributed by atoms with van der Waals surface area (Å²) in [4.78, 5) is 35.7. The minimum absolute atomic E-state index is 0.0145. The summed E-state index contributed by atoms with van der Waals surface area (Å²) in [5.41, 5.74) is 2.14. The average Bonchev–Trinajstić information content (AvgIpc) is 2.74. The van der Waals surface area contributed by atoms with Crippen molar-refractivity contribution in [2.24, 2.45) is 0 Å². The minimum atomic E-state index is -0.404. The van der Waals surface area contributed by atoms with E-state index < -0.39 is 5.97 Å². The summed E-state index contributed by atoms with van der Waals surface area (Å²) in [6.07, 6.45) is 0.689. The van der Waals surface area contributed by atoms with Crippen molar-refractivity contribution in [3.63, 3.8) is 0 Å². The van der Waals surface area contributed by atoms with Gasteiger partial charge in [-0.2, -0.15) is 0 Å². The summed E-state index contributed by atoms with van der Waals surface area (Å²) in [7, 11) is 1.56. The molecular weight excluding hydrogens is 372 g/mol. The number of methoxy groups -OCH3 is 1. The van der Waals surface area contributed by atoms with Gasteiger partial charge in [-0.05, 0) is 29.8 Å². The van der Waals surface area contributed by atoms with E-state index in [0.29, 0.717) is 37.4 Å². The maximum absolute atomic E-state index is 12.0.